The van der Waals surface area contributed by atoms with Gasteiger partial charge in [-0.25, -0.2) is 4.98 Å². The molecule has 0 bridgehead atoms. The normalized spacial score (nSPS) is 10.7. The molecule has 90 valence electrons. The van der Waals surface area contributed by atoms with E-state index < -0.39 is 0 Å². The number of aromatic nitrogens is 2. The van der Waals surface area contributed by atoms with Crippen molar-refractivity contribution < 1.29 is 0 Å². The van der Waals surface area contributed by atoms with E-state index in [0.29, 0.717) is 0 Å². The monoisotopic (exact) mass is 247 g/mol. The third-order valence-electron chi connectivity index (χ3n) is 2.42. The average Bonchev–Trinajstić information content (AvgIpc) is 2.79. The molecule has 0 saturated carbocycles. The highest BCUT2D eigenvalue weighted by atomic mass is 32.1. The Balaban J connectivity index is 2.04. The molecule has 0 aliphatic heterocycles. The molecular formula is C13H17N3S. The molecule has 2 heterocycles. The minimum Gasteiger partial charge on any atom is -0.311 e. The van der Waals surface area contributed by atoms with Crippen molar-refractivity contribution in [3.63, 3.8) is 0 Å². The zero-order valence-electron chi connectivity index (χ0n) is 10.2. The van der Waals surface area contributed by atoms with Crippen molar-refractivity contribution in [2.24, 2.45) is 0 Å². The predicted octanol–water partition coefficient (Wildman–Crippen LogP) is 3.01. The van der Waals surface area contributed by atoms with E-state index in [1.807, 2.05) is 19.2 Å². The van der Waals surface area contributed by atoms with Crippen molar-refractivity contribution >= 4 is 11.3 Å². The van der Waals surface area contributed by atoms with E-state index >= 15 is 0 Å². The van der Waals surface area contributed by atoms with Crippen LogP contribution in [0, 0.1) is 6.92 Å². The van der Waals surface area contributed by atoms with Crippen molar-refractivity contribution in [1.82, 2.24) is 15.3 Å². The third kappa shape index (κ3) is 3.35. The van der Waals surface area contributed by atoms with Crippen LogP contribution in [0.5, 0.6) is 0 Å². The first-order chi connectivity index (χ1) is 8.29. The second kappa shape index (κ2) is 5.89. The minimum absolute atomic E-state index is 0.843. The lowest BCUT2D eigenvalue weighted by molar-refractivity contribution is 0.667. The number of pyridine rings is 1. The first-order valence-electron chi connectivity index (χ1n) is 5.87. The number of rotatable bonds is 5. The van der Waals surface area contributed by atoms with Crippen molar-refractivity contribution in [2.45, 2.75) is 26.8 Å². The summed E-state index contributed by atoms with van der Waals surface area (Å²) in [6.45, 7) is 6.08. The van der Waals surface area contributed by atoms with Gasteiger partial charge in [-0.3, -0.25) is 4.98 Å². The van der Waals surface area contributed by atoms with Crippen LogP contribution in [0.3, 0.4) is 0 Å². The van der Waals surface area contributed by atoms with Gasteiger partial charge in [0.15, 0.2) is 0 Å². The zero-order valence-corrected chi connectivity index (χ0v) is 11.0. The van der Waals surface area contributed by atoms with Crippen LogP contribution in [0.25, 0.3) is 10.7 Å². The second-order valence-electron chi connectivity index (χ2n) is 4.04. The summed E-state index contributed by atoms with van der Waals surface area (Å²) in [5, 5.41) is 6.44. The minimum atomic E-state index is 0.843. The Morgan fingerprint density at radius 1 is 1.35 bits per heavy atom. The van der Waals surface area contributed by atoms with Gasteiger partial charge in [0.05, 0.1) is 11.4 Å². The lowest BCUT2D eigenvalue weighted by Gasteiger charge is -1.98. The fraction of sp³-hybridized carbons (Fsp3) is 0.385. The van der Waals surface area contributed by atoms with Gasteiger partial charge in [0, 0.05) is 18.1 Å². The molecule has 0 unspecified atom stereocenters. The number of hydrogen-bond donors (Lipinski definition) is 1. The molecule has 0 radical (unpaired) electrons. The Bertz CT molecular complexity index is 462. The van der Waals surface area contributed by atoms with Crippen LogP contribution in [0.4, 0.5) is 0 Å². The predicted molar refractivity (Wildman–Crippen MR) is 72.1 cm³/mol. The van der Waals surface area contributed by atoms with Gasteiger partial charge >= 0.3 is 0 Å². The molecule has 0 saturated heterocycles. The van der Waals surface area contributed by atoms with Crippen LogP contribution in [0.2, 0.25) is 0 Å². The van der Waals surface area contributed by atoms with Crippen molar-refractivity contribution in [1.29, 1.82) is 0 Å². The van der Waals surface area contributed by atoms with Crippen LogP contribution in [-0.4, -0.2) is 16.5 Å². The van der Waals surface area contributed by atoms with Crippen molar-refractivity contribution in [2.75, 3.05) is 6.54 Å². The van der Waals surface area contributed by atoms with Crippen LogP contribution < -0.4 is 5.32 Å². The van der Waals surface area contributed by atoms with Crippen LogP contribution in [0.15, 0.2) is 23.7 Å². The Kier molecular flexibility index (Phi) is 4.23. The van der Waals surface area contributed by atoms with E-state index in [4.69, 9.17) is 0 Å². The summed E-state index contributed by atoms with van der Waals surface area (Å²) in [4.78, 5) is 8.96. The summed E-state index contributed by atoms with van der Waals surface area (Å²) >= 11 is 1.65. The quantitative estimate of drug-likeness (QED) is 0.825. The molecule has 17 heavy (non-hydrogen) atoms. The van der Waals surface area contributed by atoms with Crippen molar-refractivity contribution in [3.05, 3.63) is 35.0 Å². The molecule has 2 rings (SSSR count). The summed E-state index contributed by atoms with van der Waals surface area (Å²) < 4.78 is 0. The molecule has 0 aliphatic carbocycles. The molecule has 3 nitrogen and oxygen atoms in total. The summed E-state index contributed by atoms with van der Waals surface area (Å²) in [5.74, 6) is 0. The third-order valence-corrected chi connectivity index (χ3v) is 3.33. The van der Waals surface area contributed by atoms with Gasteiger partial charge in [0.25, 0.3) is 0 Å². The van der Waals surface area contributed by atoms with E-state index in [0.717, 1.165) is 35.9 Å². The molecule has 0 aromatic carbocycles. The zero-order chi connectivity index (χ0) is 12.1. The molecule has 0 spiro atoms. The molecule has 0 fully saturated rings. The van der Waals surface area contributed by atoms with Gasteiger partial charge in [-0.1, -0.05) is 13.0 Å². The number of nitrogens with one attached hydrogen (secondary N) is 1. The Hall–Kier alpha value is -1.26. The first kappa shape index (κ1) is 12.2. The highest BCUT2D eigenvalue weighted by Crippen LogP contribution is 2.21. The van der Waals surface area contributed by atoms with E-state index in [1.54, 1.807) is 11.3 Å². The van der Waals surface area contributed by atoms with E-state index in [9.17, 15) is 0 Å². The Labute approximate surface area is 106 Å². The maximum absolute atomic E-state index is 4.58. The lowest BCUT2D eigenvalue weighted by atomic mass is 10.3. The summed E-state index contributed by atoms with van der Waals surface area (Å²) in [7, 11) is 0. The molecule has 2 aromatic rings. The Morgan fingerprint density at radius 3 is 2.94 bits per heavy atom. The molecule has 4 heteroatoms. The maximum atomic E-state index is 4.58. The topological polar surface area (TPSA) is 37.8 Å². The Morgan fingerprint density at radius 2 is 2.24 bits per heavy atom. The van der Waals surface area contributed by atoms with E-state index in [-0.39, 0.29) is 0 Å². The van der Waals surface area contributed by atoms with Crippen LogP contribution >= 0.6 is 11.3 Å². The van der Waals surface area contributed by atoms with Gasteiger partial charge < -0.3 is 5.32 Å². The van der Waals surface area contributed by atoms with E-state index in [1.165, 1.54) is 5.56 Å². The van der Waals surface area contributed by atoms with Gasteiger partial charge in [-0.15, -0.1) is 11.3 Å². The molecule has 0 amide bonds. The van der Waals surface area contributed by atoms with E-state index in [2.05, 4.69) is 33.7 Å². The van der Waals surface area contributed by atoms with Gasteiger partial charge in [-0.2, -0.15) is 0 Å². The van der Waals surface area contributed by atoms with Crippen LogP contribution in [-0.2, 0) is 6.54 Å². The van der Waals surface area contributed by atoms with Gasteiger partial charge in [0.2, 0.25) is 0 Å². The average molecular weight is 247 g/mol. The maximum Gasteiger partial charge on any atom is 0.142 e. The number of hydrogen-bond acceptors (Lipinski definition) is 4. The summed E-state index contributed by atoms with van der Waals surface area (Å²) in [5.41, 5.74) is 3.23. The fourth-order valence-electron chi connectivity index (χ4n) is 1.49. The highest BCUT2D eigenvalue weighted by Gasteiger charge is 2.05. The molecular weight excluding hydrogens is 230 g/mol. The SMILES string of the molecule is CCCNCc1csc(-c2ccc(C)cn2)n1. The molecule has 2 aromatic heterocycles. The summed E-state index contributed by atoms with van der Waals surface area (Å²) in [6.07, 6.45) is 3.03. The summed E-state index contributed by atoms with van der Waals surface area (Å²) in [6, 6.07) is 4.09. The van der Waals surface area contributed by atoms with Gasteiger partial charge in [0.1, 0.15) is 5.01 Å². The van der Waals surface area contributed by atoms with Crippen molar-refractivity contribution in [3.8, 4) is 10.7 Å². The standard InChI is InChI=1S/C13H17N3S/c1-3-6-14-8-11-9-17-13(16-11)12-5-4-10(2)7-15-12/h4-5,7,9,14H,3,6,8H2,1-2H3. The molecule has 0 atom stereocenters. The number of nitrogens with zero attached hydrogens (tertiary/aromatic N) is 2. The van der Waals surface area contributed by atoms with Gasteiger partial charge in [-0.05, 0) is 31.5 Å². The number of aryl methyl sites for hydroxylation is 1. The molecule has 0 aliphatic rings. The lowest BCUT2D eigenvalue weighted by Crippen LogP contribution is -2.13. The fourth-order valence-corrected chi connectivity index (χ4v) is 2.29. The number of thiazole rings is 1. The molecule has 1 N–H and O–H groups in total. The smallest absolute Gasteiger partial charge is 0.142 e. The highest BCUT2D eigenvalue weighted by molar-refractivity contribution is 7.13. The van der Waals surface area contributed by atoms with Crippen LogP contribution in [0.1, 0.15) is 24.6 Å². The first-order valence-corrected chi connectivity index (χ1v) is 6.75. The largest absolute Gasteiger partial charge is 0.311 e. The second-order valence-corrected chi connectivity index (χ2v) is 4.90.